The summed E-state index contributed by atoms with van der Waals surface area (Å²) in [5.41, 5.74) is 2.38. The number of hydrogen-bond donors (Lipinski definition) is 3. The predicted octanol–water partition coefficient (Wildman–Crippen LogP) is 2.54. The molecule has 23 heavy (non-hydrogen) atoms. The number of nitrogens with one attached hydrogen (secondary N) is 2. The Kier molecular flexibility index (Phi) is 4.05. The maximum Gasteiger partial charge on any atom is 0.220 e. The second-order valence-corrected chi connectivity index (χ2v) is 6.48. The fraction of sp³-hybridized carbons (Fsp3) is 0.333. The quantitative estimate of drug-likeness (QED) is 0.677. The highest BCUT2D eigenvalue weighted by Gasteiger charge is 2.18. The predicted molar refractivity (Wildman–Crippen MR) is 91.2 cm³/mol. The number of fused-ring (bicyclic) bond motifs is 3. The number of aliphatic hydroxyl groups excluding tert-OH is 1. The molecular formula is C18H21N3O2. The molecule has 5 nitrogen and oxygen atoms in total. The number of carbonyl (C=O) groups is 1. The molecule has 0 unspecified atom stereocenters. The summed E-state index contributed by atoms with van der Waals surface area (Å²) >= 11 is 0. The van der Waals surface area contributed by atoms with Crippen LogP contribution in [0.15, 0.2) is 36.5 Å². The number of amides is 1. The molecule has 2 aromatic heterocycles. The Bertz CT molecular complexity index is 852. The summed E-state index contributed by atoms with van der Waals surface area (Å²) in [6.07, 6.45) is 2.74. The molecule has 0 aliphatic heterocycles. The zero-order valence-corrected chi connectivity index (χ0v) is 13.4. The number of aliphatic hydroxyl groups is 1. The molecular weight excluding hydrogens is 290 g/mol. The molecule has 3 N–H and O–H groups in total. The highest BCUT2D eigenvalue weighted by molar-refractivity contribution is 6.06. The fourth-order valence-corrected chi connectivity index (χ4v) is 2.65. The van der Waals surface area contributed by atoms with Crippen molar-refractivity contribution in [2.45, 2.75) is 32.2 Å². The molecule has 0 spiro atoms. The monoisotopic (exact) mass is 311 g/mol. The number of aromatic nitrogens is 2. The van der Waals surface area contributed by atoms with Crippen molar-refractivity contribution < 1.29 is 9.90 Å². The van der Waals surface area contributed by atoms with Crippen LogP contribution >= 0.6 is 0 Å². The Morgan fingerprint density at radius 3 is 2.83 bits per heavy atom. The molecule has 0 fully saturated rings. The highest BCUT2D eigenvalue weighted by Crippen LogP contribution is 2.25. The van der Waals surface area contributed by atoms with Gasteiger partial charge in [-0.1, -0.05) is 18.2 Å². The second-order valence-electron chi connectivity index (χ2n) is 6.48. The van der Waals surface area contributed by atoms with Gasteiger partial charge in [0.1, 0.15) is 0 Å². The van der Waals surface area contributed by atoms with Gasteiger partial charge in [-0.05, 0) is 32.4 Å². The molecule has 0 radical (unpaired) electrons. The van der Waals surface area contributed by atoms with Crippen LogP contribution in [0.4, 0.5) is 0 Å². The van der Waals surface area contributed by atoms with E-state index >= 15 is 0 Å². The molecule has 5 heteroatoms. The molecule has 3 rings (SSSR count). The third-order valence-electron chi connectivity index (χ3n) is 3.93. The standard InChI is InChI=1S/C18H21N3O2/c1-18(2,11-22)21-17(23)8-7-12-9-14-13-5-3-4-6-15(13)20-16(14)10-19-12/h3-6,9-10,20,22H,7-8,11H2,1-2H3,(H,21,23). The first kappa shape index (κ1) is 15.5. The van der Waals surface area contributed by atoms with E-state index in [0.29, 0.717) is 12.8 Å². The molecule has 120 valence electrons. The lowest BCUT2D eigenvalue weighted by molar-refractivity contribution is -0.123. The number of para-hydroxylation sites is 1. The molecule has 0 bridgehead atoms. The van der Waals surface area contributed by atoms with Crippen LogP contribution in [0.2, 0.25) is 0 Å². The molecule has 2 heterocycles. The van der Waals surface area contributed by atoms with Crippen molar-refractivity contribution in [2.75, 3.05) is 6.61 Å². The molecule has 0 aliphatic rings. The SMILES string of the molecule is CC(C)(CO)NC(=O)CCc1cc2c(cn1)[nH]c1ccccc12. The molecule has 1 amide bonds. The Labute approximate surface area is 134 Å². The van der Waals surface area contributed by atoms with E-state index in [-0.39, 0.29) is 12.5 Å². The Balaban J connectivity index is 1.76. The summed E-state index contributed by atoms with van der Waals surface area (Å²) in [7, 11) is 0. The van der Waals surface area contributed by atoms with Crippen molar-refractivity contribution in [1.29, 1.82) is 0 Å². The number of nitrogens with zero attached hydrogens (tertiary/aromatic N) is 1. The van der Waals surface area contributed by atoms with Crippen molar-refractivity contribution in [2.24, 2.45) is 0 Å². The Morgan fingerprint density at radius 1 is 1.26 bits per heavy atom. The van der Waals surface area contributed by atoms with Crippen LogP contribution < -0.4 is 5.32 Å². The van der Waals surface area contributed by atoms with Crippen molar-refractivity contribution in [3.05, 3.63) is 42.2 Å². The molecule has 1 aromatic carbocycles. The van der Waals surface area contributed by atoms with E-state index in [1.807, 2.05) is 30.5 Å². The fourth-order valence-electron chi connectivity index (χ4n) is 2.65. The van der Waals surface area contributed by atoms with Gasteiger partial charge in [-0.3, -0.25) is 9.78 Å². The third-order valence-corrected chi connectivity index (χ3v) is 3.93. The number of aryl methyl sites for hydroxylation is 1. The van der Waals surface area contributed by atoms with Crippen molar-refractivity contribution in [3.8, 4) is 0 Å². The van der Waals surface area contributed by atoms with E-state index in [4.69, 9.17) is 0 Å². The van der Waals surface area contributed by atoms with Gasteiger partial charge in [-0.2, -0.15) is 0 Å². The average molecular weight is 311 g/mol. The molecule has 0 saturated heterocycles. The summed E-state index contributed by atoms with van der Waals surface area (Å²) in [6.45, 7) is 3.50. The number of benzene rings is 1. The van der Waals surface area contributed by atoms with E-state index in [2.05, 4.69) is 21.4 Å². The van der Waals surface area contributed by atoms with Gasteiger partial charge in [0.15, 0.2) is 0 Å². The Morgan fingerprint density at radius 2 is 2.04 bits per heavy atom. The van der Waals surface area contributed by atoms with Gasteiger partial charge in [-0.15, -0.1) is 0 Å². The zero-order chi connectivity index (χ0) is 16.4. The van der Waals surface area contributed by atoms with E-state index in [0.717, 1.165) is 27.5 Å². The van der Waals surface area contributed by atoms with Crippen molar-refractivity contribution >= 4 is 27.7 Å². The summed E-state index contributed by atoms with van der Waals surface area (Å²) in [6, 6.07) is 10.2. The van der Waals surface area contributed by atoms with Gasteiger partial charge < -0.3 is 15.4 Å². The smallest absolute Gasteiger partial charge is 0.220 e. The topological polar surface area (TPSA) is 78.0 Å². The minimum Gasteiger partial charge on any atom is -0.394 e. The van der Waals surface area contributed by atoms with E-state index in [1.54, 1.807) is 13.8 Å². The first-order valence-corrected chi connectivity index (χ1v) is 7.76. The van der Waals surface area contributed by atoms with Crippen LogP contribution in [0.5, 0.6) is 0 Å². The lowest BCUT2D eigenvalue weighted by atomic mass is 10.1. The molecule has 3 aromatic rings. The first-order chi connectivity index (χ1) is 11.0. The summed E-state index contributed by atoms with van der Waals surface area (Å²) in [5, 5.41) is 14.3. The van der Waals surface area contributed by atoms with E-state index in [1.165, 1.54) is 0 Å². The van der Waals surface area contributed by atoms with Gasteiger partial charge in [0.25, 0.3) is 0 Å². The summed E-state index contributed by atoms with van der Waals surface area (Å²) in [4.78, 5) is 19.7. The van der Waals surface area contributed by atoms with Crippen LogP contribution in [-0.2, 0) is 11.2 Å². The summed E-state index contributed by atoms with van der Waals surface area (Å²) in [5.74, 6) is -0.0788. The zero-order valence-electron chi connectivity index (χ0n) is 13.4. The van der Waals surface area contributed by atoms with Crippen molar-refractivity contribution in [3.63, 3.8) is 0 Å². The van der Waals surface area contributed by atoms with Gasteiger partial charge in [0.2, 0.25) is 5.91 Å². The van der Waals surface area contributed by atoms with E-state index in [9.17, 15) is 9.90 Å². The van der Waals surface area contributed by atoms with E-state index < -0.39 is 5.54 Å². The molecule has 0 aliphatic carbocycles. The average Bonchev–Trinajstić information content (AvgIpc) is 2.90. The van der Waals surface area contributed by atoms with Gasteiger partial charge >= 0.3 is 0 Å². The molecule has 0 saturated carbocycles. The third kappa shape index (κ3) is 3.35. The number of hydrogen-bond acceptors (Lipinski definition) is 3. The lowest BCUT2D eigenvalue weighted by Gasteiger charge is -2.23. The van der Waals surface area contributed by atoms with Gasteiger partial charge in [0.05, 0.1) is 23.9 Å². The van der Waals surface area contributed by atoms with Gasteiger partial charge in [-0.25, -0.2) is 0 Å². The summed E-state index contributed by atoms with van der Waals surface area (Å²) < 4.78 is 0. The maximum atomic E-state index is 12.0. The number of rotatable bonds is 5. The number of H-pyrrole nitrogens is 1. The van der Waals surface area contributed by atoms with Crippen LogP contribution in [0.1, 0.15) is 26.0 Å². The minimum atomic E-state index is -0.592. The Hall–Kier alpha value is -2.40. The largest absolute Gasteiger partial charge is 0.394 e. The normalized spacial score (nSPS) is 12.0. The van der Waals surface area contributed by atoms with Crippen molar-refractivity contribution in [1.82, 2.24) is 15.3 Å². The van der Waals surface area contributed by atoms with Crippen LogP contribution in [0, 0.1) is 0 Å². The highest BCUT2D eigenvalue weighted by atomic mass is 16.3. The second kappa shape index (κ2) is 6.01. The molecule has 0 atom stereocenters. The maximum absolute atomic E-state index is 12.0. The first-order valence-electron chi connectivity index (χ1n) is 7.76. The number of carbonyl (C=O) groups excluding carboxylic acids is 1. The van der Waals surface area contributed by atoms with Crippen LogP contribution in [0.25, 0.3) is 21.8 Å². The van der Waals surface area contributed by atoms with Crippen LogP contribution in [-0.4, -0.2) is 33.1 Å². The minimum absolute atomic E-state index is 0.0788. The number of aromatic amines is 1. The van der Waals surface area contributed by atoms with Crippen LogP contribution in [0.3, 0.4) is 0 Å². The lowest BCUT2D eigenvalue weighted by Crippen LogP contribution is -2.46. The number of pyridine rings is 1. The van der Waals surface area contributed by atoms with Gasteiger partial charge in [0, 0.05) is 28.4 Å².